The Morgan fingerprint density at radius 2 is 2.25 bits per heavy atom. The lowest BCUT2D eigenvalue weighted by atomic mass is 10.2. The molecule has 0 unspecified atom stereocenters. The highest BCUT2D eigenvalue weighted by Crippen LogP contribution is 2.21. The molecule has 0 spiro atoms. The Morgan fingerprint density at radius 3 is 2.81 bits per heavy atom. The predicted molar refractivity (Wildman–Crippen MR) is 57.2 cm³/mol. The number of carbonyl (C=O) groups is 1. The molecule has 16 heavy (non-hydrogen) atoms. The molecule has 0 aliphatic carbocycles. The molecular formula is C9H17NO5S. The SMILES string of the molecule is COC(=O)CCS(=O)(=O)N1CCC[C@H]1CO. The van der Waals surface area contributed by atoms with Gasteiger partial charge in [-0.2, -0.15) is 4.31 Å². The quantitative estimate of drug-likeness (QED) is 0.655. The van der Waals surface area contributed by atoms with Crippen molar-refractivity contribution in [2.45, 2.75) is 25.3 Å². The van der Waals surface area contributed by atoms with Gasteiger partial charge in [0.15, 0.2) is 0 Å². The molecule has 1 aliphatic rings. The molecule has 0 aromatic heterocycles. The van der Waals surface area contributed by atoms with Gasteiger partial charge in [-0.15, -0.1) is 0 Å². The van der Waals surface area contributed by atoms with Crippen LogP contribution in [0.5, 0.6) is 0 Å². The second-order valence-electron chi connectivity index (χ2n) is 3.73. The van der Waals surface area contributed by atoms with Crippen LogP contribution in [0.3, 0.4) is 0 Å². The van der Waals surface area contributed by atoms with Crippen LogP contribution in [0.2, 0.25) is 0 Å². The molecule has 1 aliphatic heterocycles. The molecule has 94 valence electrons. The van der Waals surface area contributed by atoms with Gasteiger partial charge in [0.1, 0.15) is 0 Å². The summed E-state index contributed by atoms with van der Waals surface area (Å²) in [6, 6.07) is -0.331. The first-order chi connectivity index (χ1) is 7.51. The van der Waals surface area contributed by atoms with Crippen molar-refractivity contribution in [1.82, 2.24) is 4.31 Å². The molecule has 0 bridgehead atoms. The lowest BCUT2D eigenvalue weighted by Gasteiger charge is -2.21. The molecule has 0 aromatic carbocycles. The fraction of sp³-hybridized carbons (Fsp3) is 0.889. The first kappa shape index (κ1) is 13.4. The van der Waals surface area contributed by atoms with Crippen LogP contribution >= 0.6 is 0 Å². The third kappa shape index (κ3) is 3.16. The largest absolute Gasteiger partial charge is 0.469 e. The minimum Gasteiger partial charge on any atom is -0.469 e. The van der Waals surface area contributed by atoms with E-state index in [0.717, 1.165) is 6.42 Å². The monoisotopic (exact) mass is 251 g/mol. The molecule has 1 atom stereocenters. The van der Waals surface area contributed by atoms with Gasteiger partial charge in [0.25, 0.3) is 0 Å². The van der Waals surface area contributed by atoms with Crippen LogP contribution in [0.4, 0.5) is 0 Å². The summed E-state index contributed by atoms with van der Waals surface area (Å²) in [5.41, 5.74) is 0. The molecule has 0 aromatic rings. The summed E-state index contributed by atoms with van der Waals surface area (Å²) in [5.74, 6) is -0.792. The van der Waals surface area contributed by atoms with Crippen LogP contribution < -0.4 is 0 Å². The lowest BCUT2D eigenvalue weighted by Crippen LogP contribution is -2.39. The zero-order valence-corrected chi connectivity index (χ0v) is 10.1. The first-order valence-corrected chi connectivity index (χ1v) is 6.79. The maximum Gasteiger partial charge on any atom is 0.306 e. The van der Waals surface area contributed by atoms with Gasteiger partial charge >= 0.3 is 5.97 Å². The summed E-state index contributed by atoms with van der Waals surface area (Å²) in [6.07, 6.45) is 1.28. The van der Waals surface area contributed by atoms with Crippen molar-refractivity contribution in [1.29, 1.82) is 0 Å². The number of aliphatic hydroxyl groups is 1. The Balaban J connectivity index is 2.59. The van der Waals surface area contributed by atoms with Crippen molar-refractivity contribution in [3.8, 4) is 0 Å². The number of esters is 1. The maximum absolute atomic E-state index is 11.8. The van der Waals surface area contributed by atoms with E-state index in [9.17, 15) is 13.2 Å². The Kier molecular flexibility index (Phi) is 4.69. The van der Waals surface area contributed by atoms with Gasteiger partial charge in [-0.05, 0) is 12.8 Å². The van der Waals surface area contributed by atoms with Crippen LogP contribution in [0.25, 0.3) is 0 Å². The summed E-state index contributed by atoms with van der Waals surface area (Å²) in [7, 11) is -2.23. The Morgan fingerprint density at radius 1 is 1.56 bits per heavy atom. The standard InChI is InChI=1S/C9H17NO5S/c1-15-9(12)4-6-16(13,14)10-5-2-3-8(10)7-11/h8,11H,2-7H2,1H3/t8-/m0/s1. The van der Waals surface area contributed by atoms with E-state index in [0.29, 0.717) is 13.0 Å². The number of aliphatic hydroxyl groups excluding tert-OH is 1. The van der Waals surface area contributed by atoms with Crippen molar-refractivity contribution in [3.05, 3.63) is 0 Å². The fourth-order valence-electron chi connectivity index (χ4n) is 1.79. The number of rotatable bonds is 5. The number of nitrogens with zero attached hydrogens (tertiary/aromatic N) is 1. The summed E-state index contributed by atoms with van der Waals surface area (Å²) in [6.45, 7) is 0.256. The van der Waals surface area contributed by atoms with Gasteiger partial charge in [-0.1, -0.05) is 0 Å². The molecule has 0 saturated carbocycles. The molecule has 1 heterocycles. The minimum absolute atomic E-state index is 0.145. The van der Waals surface area contributed by atoms with E-state index in [2.05, 4.69) is 4.74 Å². The van der Waals surface area contributed by atoms with Crippen molar-refractivity contribution < 1.29 is 23.1 Å². The smallest absolute Gasteiger partial charge is 0.306 e. The van der Waals surface area contributed by atoms with Crippen LogP contribution in [0.15, 0.2) is 0 Å². The summed E-state index contributed by atoms with van der Waals surface area (Å²) in [5, 5.41) is 9.03. The minimum atomic E-state index is -3.45. The molecule has 7 heteroatoms. The second-order valence-corrected chi connectivity index (χ2v) is 5.77. The second kappa shape index (κ2) is 5.60. The fourth-order valence-corrected chi connectivity index (χ4v) is 3.48. The number of hydrogen-bond donors (Lipinski definition) is 1. The van der Waals surface area contributed by atoms with Crippen molar-refractivity contribution in [2.75, 3.05) is 26.0 Å². The maximum atomic E-state index is 11.8. The van der Waals surface area contributed by atoms with Crippen molar-refractivity contribution >= 4 is 16.0 Å². The highest BCUT2D eigenvalue weighted by molar-refractivity contribution is 7.89. The summed E-state index contributed by atoms with van der Waals surface area (Å²) >= 11 is 0. The number of sulfonamides is 1. The Bertz CT molecular complexity index is 340. The number of carbonyl (C=O) groups excluding carboxylic acids is 1. The number of ether oxygens (including phenoxy) is 1. The number of hydrogen-bond acceptors (Lipinski definition) is 5. The highest BCUT2D eigenvalue weighted by atomic mass is 32.2. The van der Waals surface area contributed by atoms with Crippen LogP contribution in [0, 0.1) is 0 Å². The summed E-state index contributed by atoms with van der Waals surface area (Å²) in [4.78, 5) is 10.9. The predicted octanol–water partition coefficient (Wildman–Crippen LogP) is -0.664. The molecular weight excluding hydrogens is 234 g/mol. The van der Waals surface area contributed by atoms with E-state index < -0.39 is 16.0 Å². The van der Waals surface area contributed by atoms with E-state index in [1.54, 1.807) is 0 Å². The zero-order valence-electron chi connectivity index (χ0n) is 9.26. The van der Waals surface area contributed by atoms with E-state index in [1.807, 2.05) is 0 Å². The van der Waals surface area contributed by atoms with Crippen molar-refractivity contribution in [3.63, 3.8) is 0 Å². The van der Waals surface area contributed by atoms with Gasteiger partial charge in [-0.3, -0.25) is 4.79 Å². The Labute approximate surface area is 95.2 Å². The van der Waals surface area contributed by atoms with E-state index in [-0.39, 0.29) is 24.8 Å². The van der Waals surface area contributed by atoms with Gasteiger partial charge in [0.05, 0.1) is 25.9 Å². The van der Waals surface area contributed by atoms with Gasteiger partial charge in [-0.25, -0.2) is 8.42 Å². The molecule has 0 amide bonds. The van der Waals surface area contributed by atoms with E-state index in [4.69, 9.17) is 5.11 Å². The third-order valence-corrected chi connectivity index (χ3v) is 4.60. The summed E-state index contributed by atoms with van der Waals surface area (Å²) < 4.78 is 29.3. The molecule has 1 rings (SSSR count). The zero-order chi connectivity index (χ0) is 12.2. The lowest BCUT2D eigenvalue weighted by molar-refractivity contribution is -0.140. The molecule has 1 N–H and O–H groups in total. The average Bonchev–Trinajstić information content (AvgIpc) is 2.74. The third-order valence-electron chi connectivity index (χ3n) is 2.68. The Hall–Kier alpha value is -0.660. The van der Waals surface area contributed by atoms with E-state index in [1.165, 1.54) is 11.4 Å². The first-order valence-electron chi connectivity index (χ1n) is 5.18. The van der Waals surface area contributed by atoms with E-state index >= 15 is 0 Å². The highest BCUT2D eigenvalue weighted by Gasteiger charge is 2.33. The van der Waals surface area contributed by atoms with Gasteiger partial charge in [0, 0.05) is 12.6 Å². The molecule has 6 nitrogen and oxygen atoms in total. The van der Waals surface area contributed by atoms with Crippen molar-refractivity contribution in [2.24, 2.45) is 0 Å². The van der Waals surface area contributed by atoms with Crippen LogP contribution in [-0.2, 0) is 19.6 Å². The van der Waals surface area contributed by atoms with Gasteiger partial charge < -0.3 is 9.84 Å². The normalized spacial score (nSPS) is 22.2. The molecule has 1 fully saturated rings. The molecule has 0 radical (unpaired) electrons. The van der Waals surface area contributed by atoms with Gasteiger partial charge in [0.2, 0.25) is 10.0 Å². The molecule has 1 saturated heterocycles. The average molecular weight is 251 g/mol. The number of methoxy groups -OCH3 is 1. The van der Waals surface area contributed by atoms with Crippen LogP contribution in [0.1, 0.15) is 19.3 Å². The van der Waals surface area contributed by atoms with Crippen LogP contribution in [-0.4, -0.2) is 55.9 Å². The topological polar surface area (TPSA) is 83.9 Å².